The Morgan fingerprint density at radius 3 is 2.55 bits per heavy atom. The van der Waals surface area contributed by atoms with Crippen molar-refractivity contribution in [3.05, 3.63) is 0 Å². The zero-order valence-electron chi connectivity index (χ0n) is 13.0. The SMILES string of the molecule is CC(C)CC(Br)CNC(=O)C1CCC2CCCCC2C1. The van der Waals surface area contributed by atoms with Gasteiger partial charge in [0.1, 0.15) is 0 Å². The van der Waals surface area contributed by atoms with Crippen molar-refractivity contribution in [3.8, 4) is 0 Å². The molecular formula is C17H30BrNO. The highest BCUT2D eigenvalue weighted by atomic mass is 79.9. The van der Waals surface area contributed by atoms with E-state index in [-0.39, 0.29) is 5.92 Å². The molecule has 0 spiro atoms. The molecule has 1 N–H and O–H groups in total. The molecule has 2 fully saturated rings. The number of alkyl halides is 1. The highest BCUT2D eigenvalue weighted by molar-refractivity contribution is 9.09. The highest BCUT2D eigenvalue weighted by Gasteiger charge is 2.34. The van der Waals surface area contributed by atoms with Gasteiger partial charge in [-0.25, -0.2) is 0 Å². The van der Waals surface area contributed by atoms with Crippen LogP contribution in [0.25, 0.3) is 0 Å². The standard InChI is InChI=1S/C17H30BrNO/c1-12(2)9-16(18)11-19-17(20)15-8-7-13-5-3-4-6-14(13)10-15/h12-16H,3-11H2,1-2H3,(H,19,20). The second kappa shape index (κ2) is 7.82. The van der Waals surface area contributed by atoms with Crippen LogP contribution in [0.2, 0.25) is 0 Å². The third-order valence-electron chi connectivity index (χ3n) is 5.14. The van der Waals surface area contributed by atoms with Crippen LogP contribution in [-0.2, 0) is 4.79 Å². The lowest BCUT2D eigenvalue weighted by Crippen LogP contribution is -2.39. The maximum atomic E-state index is 12.3. The average molecular weight is 344 g/mol. The summed E-state index contributed by atoms with van der Waals surface area (Å²) in [6.07, 6.45) is 10.2. The lowest BCUT2D eigenvalue weighted by molar-refractivity contribution is -0.127. The Morgan fingerprint density at radius 1 is 1.15 bits per heavy atom. The smallest absolute Gasteiger partial charge is 0.223 e. The molecule has 2 aliphatic rings. The predicted molar refractivity (Wildman–Crippen MR) is 88.0 cm³/mol. The van der Waals surface area contributed by atoms with Crippen LogP contribution in [0.15, 0.2) is 0 Å². The van der Waals surface area contributed by atoms with Crippen LogP contribution in [0.1, 0.15) is 65.2 Å². The maximum Gasteiger partial charge on any atom is 0.223 e. The fourth-order valence-corrected chi connectivity index (χ4v) is 4.97. The van der Waals surface area contributed by atoms with Crippen molar-refractivity contribution in [2.24, 2.45) is 23.7 Å². The third-order valence-corrected chi connectivity index (χ3v) is 5.83. The first-order valence-electron chi connectivity index (χ1n) is 8.48. The number of halogens is 1. The lowest BCUT2D eigenvalue weighted by Gasteiger charge is -2.38. The molecule has 0 saturated heterocycles. The Morgan fingerprint density at radius 2 is 1.85 bits per heavy atom. The summed E-state index contributed by atoms with van der Waals surface area (Å²) in [5.74, 6) is 3.03. The van der Waals surface area contributed by atoms with Crippen LogP contribution in [0, 0.1) is 23.7 Å². The van der Waals surface area contributed by atoms with Crippen molar-refractivity contribution in [2.45, 2.75) is 70.0 Å². The molecule has 4 atom stereocenters. The monoisotopic (exact) mass is 343 g/mol. The second-order valence-corrected chi connectivity index (χ2v) is 8.58. The molecule has 0 aromatic rings. The fourth-order valence-electron chi connectivity index (χ4n) is 4.06. The molecule has 0 radical (unpaired) electrons. The van der Waals surface area contributed by atoms with Gasteiger partial charge in [-0.2, -0.15) is 0 Å². The van der Waals surface area contributed by atoms with Crippen LogP contribution in [0.3, 0.4) is 0 Å². The molecule has 20 heavy (non-hydrogen) atoms. The number of nitrogens with one attached hydrogen (secondary N) is 1. The van der Waals surface area contributed by atoms with E-state index >= 15 is 0 Å². The molecule has 0 aromatic carbocycles. The van der Waals surface area contributed by atoms with Crippen molar-refractivity contribution in [1.82, 2.24) is 5.32 Å². The average Bonchev–Trinajstić information content (AvgIpc) is 2.43. The van der Waals surface area contributed by atoms with Crippen LogP contribution < -0.4 is 5.32 Å². The van der Waals surface area contributed by atoms with E-state index in [0.717, 1.165) is 37.6 Å². The zero-order chi connectivity index (χ0) is 14.5. The normalized spacial score (nSPS) is 31.7. The minimum atomic E-state index is 0.285. The summed E-state index contributed by atoms with van der Waals surface area (Å²) in [4.78, 5) is 12.7. The highest BCUT2D eigenvalue weighted by Crippen LogP contribution is 2.42. The van der Waals surface area contributed by atoms with Crippen molar-refractivity contribution in [2.75, 3.05) is 6.54 Å². The van der Waals surface area contributed by atoms with Crippen LogP contribution >= 0.6 is 15.9 Å². The van der Waals surface area contributed by atoms with Gasteiger partial charge in [0, 0.05) is 17.3 Å². The molecule has 4 unspecified atom stereocenters. The molecule has 2 saturated carbocycles. The fraction of sp³-hybridized carbons (Fsp3) is 0.941. The second-order valence-electron chi connectivity index (χ2n) is 7.29. The lowest BCUT2D eigenvalue weighted by atomic mass is 9.67. The largest absolute Gasteiger partial charge is 0.355 e. The van der Waals surface area contributed by atoms with Gasteiger partial charge in [-0.15, -0.1) is 0 Å². The Bertz CT molecular complexity index is 318. The first-order chi connectivity index (χ1) is 9.56. The van der Waals surface area contributed by atoms with Gasteiger partial charge in [-0.05, 0) is 43.4 Å². The zero-order valence-corrected chi connectivity index (χ0v) is 14.6. The van der Waals surface area contributed by atoms with E-state index in [9.17, 15) is 4.79 Å². The predicted octanol–water partition coefficient (Wildman–Crippen LogP) is 4.52. The van der Waals surface area contributed by atoms with Gasteiger partial charge in [0.25, 0.3) is 0 Å². The third kappa shape index (κ3) is 4.75. The summed E-state index contributed by atoms with van der Waals surface area (Å²) in [5, 5.41) is 3.17. The molecule has 0 bridgehead atoms. The summed E-state index contributed by atoms with van der Waals surface area (Å²) in [6, 6.07) is 0. The van der Waals surface area contributed by atoms with Gasteiger partial charge in [-0.1, -0.05) is 55.5 Å². The van der Waals surface area contributed by atoms with E-state index in [1.807, 2.05) is 0 Å². The number of amides is 1. The first kappa shape index (κ1) is 16.3. The van der Waals surface area contributed by atoms with Crippen LogP contribution in [0.4, 0.5) is 0 Å². The van der Waals surface area contributed by atoms with Crippen molar-refractivity contribution < 1.29 is 4.79 Å². The van der Waals surface area contributed by atoms with Crippen molar-refractivity contribution in [1.29, 1.82) is 0 Å². The van der Waals surface area contributed by atoms with E-state index < -0.39 is 0 Å². The van der Waals surface area contributed by atoms with Crippen LogP contribution in [-0.4, -0.2) is 17.3 Å². The molecule has 0 aliphatic heterocycles. The molecule has 2 rings (SSSR count). The van der Waals surface area contributed by atoms with Gasteiger partial charge < -0.3 is 5.32 Å². The minimum absolute atomic E-state index is 0.285. The number of carbonyl (C=O) groups is 1. The van der Waals surface area contributed by atoms with Crippen LogP contribution in [0.5, 0.6) is 0 Å². The van der Waals surface area contributed by atoms with Gasteiger partial charge in [-0.3, -0.25) is 4.79 Å². The van der Waals surface area contributed by atoms with E-state index in [4.69, 9.17) is 0 Å². The topological polar surface area (TPSA) is 29.1 Å². The number of rotatable bonds is 5. The molecule has 2 nitrogen and oxygen atoms in total. The van der Waals surface area contributed by atoms with Gasteiger partial charge in [0.2, 0.25) is 5.91 Å². The number of carbonyl (C=O) groups excluding carboxylic acids is 1. The Balaban J connectivity index is 1.73. The first-order valence-corrected chi connectivity index (χ1v) is 9.39. The Labute approximate surface area is 132 Å². The molecule has 1 amide bonds. The van der Waals surface area contributed by atoms with Gasteiger partial charge >= 0.3 is 0 Å². The number of fused-ring (bicyclic) bond motifs is 1. The Kier molecular flexibility index (Phi) is 6.38. The number of hydrogen-bond donors (Lipinski definition) is 1. The molecule has 0 heterocycles. The minimum Gasteiger partial charge on any atom is -0.355 e. The van der Waals surface area contributed by atoms with E-state index in [0.29, 0.717) is 16.7 Å². The summed E-state index contributed by atoms with van der Waals surface area (Å²) in [5.41, 5.74) is 0. The number of hydrogen-bond acceptors (Lipinski definition) is 1. The van der Waals surface area contributed by atoms with E-state index in [2.05, 4.69) is 35.1 Å². The Hall–Kier alpha value is -0.0500. The van der Waals surface area contributed by atoms with E-state index in [1.54, 1.807) is 0 Å². The molecule has 2 aliphatic carbocycles. The molecule has 3 heteroatoms. The van der Waals surface area contributed by atoms with E-state index in [1.165, 1.54) is 32.1 Å². The van der Waals surface area contributed by atoms with Crippen molar-refractivity contribution in [3.63, 3.8) is 0 Å². The van der Waals surface area contributed by atoms with Gasteiger partial charge in [0.15, 0.2) is 0 Å². The maximum absolute atomic E-state index is 12.3. The summed E-state index contributed by atoms with van der Waals surface area (Å²) >= 11 is 3.67. The summed E-state index contributed by atoms with van der Waals surface area (Å²) in [6.45, 7) is 5.22. The summed E-state index contributed by atoms with van der Waals surface area (Å²) < 4.78 is 0. The molecule has 0 aromatic heterocycles. The van der Waals surface area contributed by atoms with Gasteiger partial charge in [0.05, 0.1) is 0 Å². The van der Waals surface area contributed by atoms with Crippen molar-refractivity contribution >= 4 is 21.8 Å². The molecule has 116 valence electrons. The molecular weight excluding hydrogens is 314 g/mol. The quantitative estimate of drug-likeness (QED) is 0.730. The summed E-state index contributed by atoms with van der Waals surface area (Å²) in [7, 11) is 0.